The predicted octanol–water partition coefficient (Wildman–Crippen LogP) is 3.86. The number of hydrogen-bond donors (Lipinski definition) is 1. The van der Waals surface area contributed by atoms with Crippen LogP contribution in [0.3, 0.4) is 0 Å². The third-order valence-corrected chi connectivity index (χ3v) is 3.58. The lowest BCUT2D eigenvalue weighted by Crippen LogP contribution is -2.41. The van der Waals surface area contributed by atoms with Gasteiger partial charge in [-0.05, 0) is 57.7 Å². The fourth-order valence-corrected chi connectivity index (χ4v) is 2.85. The summed E-state index contributed by atoms with van der Waals surface area (Å²) >= 11 is 0. The zero-order chi connectivity index (χ0) is 13.9. The van der Waals surface area contributed by atoms with Crippen LogP contribution in [0.1, 0.15) is 57.7 Å². The van der Waals surface area contributed by atoms with Crippen LogP contribution in [0.25, 0.3) is 0 Å². The molecule has 0 amide bonds. The van der Waals surface area contributed by atoms with Crippen molar-refractivity contribution < 1.29 is 4.74 Å². The van der Waals surface area contributed by atoms with Gasteiger partial charge in [-0.2, -0.15) is 0 Å². The highest BCUT2D eigenvalue weighted by Gasteiger charge is 2.32. The lowest BCUT2D eigenvalue weighted by Gasteiger charge is -2.38. The molecule has 2 rings (SSSR count). The highest BCUT2D eigenvalue weighted by atomic mass is 16.5. The van der Waals surface area contributed by atoms with Gasteiger partial charge in [-0.25, -0.2) is 0 Å². The van der Waals surface area contributed by atoms with Crippen LogP contribution < -0.4 is 5.32 Å². The minimum Gasteiger partial charge on any atom is -0.371 e. The highest BCUT2D eigenvalue weighted by molar-refractivity contribution is 5.33. The van der Waals surface area contributed by atoms with Gasteiger partial charge < -0.3 is 10.1 Å². The second-order valence-electron chi connectivity index (χ2n) is 6.44. The molecule has 0 aromatic heterocycles. The van der Waals surface area contributed by atoms with Gasteiger partial charge in [0.2, 0.25) is 0 Å². The standard InChI is InChI=1S/C17H27NO/c1-5-12-18-16-14-9-7-6-8-13(14)10-11-15(16)19-17(2,3)4/h6-9,15-16,18H,5,10-12H2,1-4H3. The molecule has 106 valence electrons. The lowest BCUT2D eigenvalue weighted by molar-refractivity contribution is -0.0816. The predicted molar refractivity (Wildman–Crippen MR) is 80.4 cm³/mol. The van der Waals surface area contributed by atoms with Gasteiger partial charge in [0.25, 0.3) is 0 Å². The molecule has 0 fully saturated rings. The maximum atomic E-state index is 6.28. The Morgan fingerprint density at radius 2 is 2.00 bits per heavy atom. The van der Waals surface area contributed by atoms with Gasteiger partial charge in [-0.15, -0.1) is 0 Å². The zero-order valence-electron chi connectivity index (χ0n) is 12.7. The summed E-state index contributed by atoms with van der Waals surface area (Å²) in [7, 11) is 0. The van der Waals surface area contributed by atoms with Gasteiger partial charge >= 0.3 is 0 Å². The first-order valence-electron chi connectivity index (χ1n) is 7.50. The normalized spacial score (nSPS) is 23.2. The Balaban J connectivity index is 2.21. The molecular formula is C17H27NO. The molecule has 2 heteroatoms. The molecule has 2 unspecified atom stereocenters. The van der Waals surface area contributed by atoms with E-state index < -0.39 is 0 Å². The average Bonchev–Trinajstić information content (AvgIpc) is 2.35. The molecule has 2 atom stereocenters. The van der Waals surface area contributed by atoms with Gasteiger partial charge in [-0.1, -0.05) is 31.2 Å². The van der Waals surface area contributed by atoms with Gasteiger partial charge in [0, 0.05) is 0 Å². The van der Waals surface area contributed by atoms with Gasteiger partial charge in [-0.3, -0.25) is 0 Å². The van der Waals surface area contributed by atoms with Crippen LogP contribution in [0.4, 0.5) is 0 Å². The number of aryl methyl sites for hydroxylation is 1. The Labute approximate surface area is 117 Å². The summed E-state index contributed by atoms with van der Waals surface area (Å²) in [6, 6.07) is 9.12. The van der Waals surface area contributed by atoms with Crippen molar-refractivity contribution in [1.82, 2.24) is 5.32 Å². The topological polar surface area (TPSA) is 21.3 Å². The Kier molecular flexibility index (Phi) is 4.64. The molecule has 19 heavy (non-hydrogen) atoms. The molecular weight excluding hydrogens is 234 g/mol. The van der Waals surface area contributed by atoms with Crippen molar-refractivity contribution in [3.8, 4) is 0 Å². The van der Waals surface area contributed by atoms with Crippen LogP contribution in [0.2, 0.25) is 0 Å². The Morgan fingerprint density at radius 3 is 2.68 bits per heavy atom. The summed E-state index contributed by atoms with van der Waals surface area (Å²) in [5.74, 6) is 0. The van der Waals surface area contributed by atoms with E-state index in [9.17, 15) is 0 Å². The second-order valence-corrected chi connectivity index (χ2v) is 6.44. The van der Waals surface area contributed by atoms with Crippen molar-refractivity contribution in [2.24, 2.45) is 0 Å². The van der Waals surface area contributed by atoms with Crippen LogP contribution in [-0.2, 0) is 11.2 Å². The van der Waals surface area contributed by atoms with Crippen LogP contribution in [-0.4, -0.2) is 18.2 Å². The quantitative estimate of drug-likeness (QED) is 0.888. The smallest absolute Gasteiger partial charge is 0.0780 e. The summed E-state index contributed by atoms with van der Waals surface area (Å²) in [5.41, 5.74) is 2.82. The second kappa shape index (κ2) is 6.06. The van der Waals surface area contributed by atoms with Crippen molar-refractivity contribution in [1.29, 1.82) is 0 Å². The minimum atomic E-state index is -0.0803. The molecule has 1 aromatic rings. The Morgan fingerprint density at radius 1 is 1.26 bits per heavy atom. The summed E-state index contributed by atoms with van der Waals surface area (Å²) in [5, 5.41) is 3.68. The van der Waals surface area contributed by atoms with E-state index in [0.717, 1.165) is 25.8 Å². The molecule has 0 aliphatic heterocycles. The molecule has 0 radical (unpaired) electrons. The van der Waals surface area contributed by atoms with Crippen molar-refractivity contribution in [3.05, 3.63) is 35.4 Å². The van der Waals surface area contributed by atoms with E-state index in [0.29, 0.717) is 6.04 Å². The summed E-state index contributed by atoms with van der Waals surface area (Å²) in [4.78, 5) is 0. The molecule has 0 heterocycles. The molecule has 1 aliphatic carbocycles. The number of rotatable bonds is 4. The van der Waals surface area contributed by atoms with Gasteiger partial charge in [0.15, 0.2) is 0 Å². The van der Waals surface area contributed by atoms with E-state index in [-0.39, 0.29) is 11.7 Å². The van der Waals surface area contributed by atoms with Crippen LogP contribution >= 0.6 is 0 Å². The zero-order valence-corrected chi connectivity index (χ0v) is 12.7. The van der Waals surface area contributed by atoms with E-state index in [1.54, 1.807) is 0 Å². The molecule has 0 bridgehead atoms. The van der Waals surface area contributed by atoms with Crippen molar-refractivity contribution >= 4 is 0 Å². The molecule has 0 saturated heterocycles. The number of ether oxygens (including phenoxy) is 1. The van der Waals surface area contributed by atoms with E-state index in [1.807, 2.05) is 0 Å². The molecule has 1 aromatic carbocycles. The summed E-state index contributed by atoms with van der Waals surface area (Å²) in [6.45, 7) is 9.68. The maximum Gasteiger partial charge on any atom is 0.0780 e. The van der Waals surface area contributed by atoms with Gasteiger partial charge in [0.1, 0.15) is 0 Å². The molecule has 1 aliphatic rings. The van der Waals surface area contributed by atoms with Crippen LogP contribution in [0, 0.1) is 0 Å². The first-order valence-corrected chi connectivity index (χ1v) is 7.50. The first-order chi connectivity index (χ1) is 9.01. The Bertz CT molecular complexity index is 408. The highest BCUT2D eigenvalue weighted by Crippen LogP contribution is 2.33. The number of hydrogen-bond acceptors (Lipinski definition) is 2. The monoisotopic (exact) mass is 261 g/mol. The van der Waals surface area contributed by atoms with E-state index in [2.05, 4.69) is 57.3 Å². The van der Waals surface area contributed by atoms with Crippen LogP contribution in [0.15, 0.2) is 24.3 Å². The largest absolute Gasteiger partial charge is 0.371 e. The maximum absolute atomic E-state index is 6.28. The van der Waals surface area contributed by atoms with E-state index in [1.165, 1.54) is 11.1 Å². The molecule has 0 saturated carbocycles. The van der Waals surface area contributed by atoms with Crippen molar-refractivity contribution in [3.63, 3.8) is 0 Å². The summed E-state index contributed by atoms with van der Waals surface area (Å²) in [6.07, 6.45) is 3.67. The van der Waals surface area contributed by atoms with Crippen molar-refractivity contribution in [2.45, 2.75) is 64.7 Å². The summed E-state index contributed by atoms with van der Waals surface area (Å²) < 4.78 is 6.28. The van der Waals surface area contributed by atoms with E-state index in [4.69, 9.17) is 4.74 Å². The van der Waals surface area contributed by atoms with E-state index >= 15 is 0 Å². The fraction of sp³-hybridized carbons (Fsp3) is 0.647. The average molecular weight is 261 g/mol. The first kappa shape index (κ1) is 14.5. The lowest BCUT2D eigenvalue weighted by atomic mass is 9.85. The SMILES string of the molecule is CCCNC1c2ccccc2CCC1OC(C)(C)C. The molecule has 2 nitrogen and oxygen atoms in total. The fourth-order valence-electron chi connectivity index (χ4n) is 2.85. The third-order valence-electron chi connectivity index (χ3n) is 3.58. The minimum absolute atomic E-state index is 0.0803. The number of benzene rings is 1. The molecule has 0 spiro atoms. The van der Waals surface area contributed by atoms with Gasteiger partial charge in [0.05, 0.1) is 17.7 Å². The van der Waals surface area contributed by atoms with Crippen molar-refractivity contribution in [2.75, 3.05) is 6.54 Å². The Hall–Kier alpha value is -0.860. The number of nitrogens with one attached hydrogen (secondary N) is 1. The molecule has 1 N–H and O–H groups in total. The third kappa shape index (κ3) is 3.80. The number of fused-ring (bicyclic) bond motifs is 1. The van der Waals surface area contributed by atoms with Crippen LogP contribution in [0.5, 0.6) is 0 Å².